The summed E-state index contributed by atoms with van der Waals surface area (Å²) in [6.45, 7) is 0.514. The van der Waals surface area contributed by atoms with Crippen LogP contribution >= 0.6 is 0 Å². The SMILES string of the molecule is CN=C(NCc1ncc(-c2ccccc2)[nH]1)Nc1ccc(OC)c(OC)c1. The van der Waals surface area contributed by atoms with Crippen molar-refractivity contribution in [3.8, 4) is 22.8 Å². The number of hydrogen-bond acceptors (Lipinski definition) is 4. The number of hydrogen-bond donors (Lipinski definition) is 3. The summed E-state index contributed by atoms with van der Waals surface area (Å²) in [6.07, 6.45) is 1.83. The lowest BCUT2D eigenvalue weighted by molar-refractivity contribution is 0.355. The predicted octanol–water partition coefficient (Wildman–Crippen LogP) is 3.28. The summed E-state index contributed by atoms with van der Waals surface area (Å²) in [7, 11) is 4.93. The number of guanidine groups is 1. The van der Waals surface area contributed by atoms with Crippen molar-refractivity contribution in [1.29, 1.82) is 0 Å². The van der Waals surface area contributed by atoms with E-state index in [9.17, 15) is 0 Å². The highest BCUT2D eigenvalue weighted by Crippen LogP contribution is 2.29. The lowest BCUT2D eigenvalue weighted by atomic mass is 10.2. The van der Waals surface area contributed by atoms with Crippen LogP contribution in [0.5, 0.6) is 11.5 Å². The van der Waals surface area contributed by atoms with Crippen LogP contribution in [0.1, 0.15) is 5.82 Å². The van der Waals surface area contributed by atoms with Crippen LogP contribution in [0.15, 0.2) is 59.7 Å². The fraction of sp³-hybridized carbons (Fsp3) is 0.200. The second-order valence-electron chi connectivity index (χ2n) is 5.73. The number of ether oxygens (including phenoxy) is 2. The first-order chi connectivity index (χ1) is 13.2. The van der Waals surface area contributed by atoms with Gasteiger partial charge < -0.3 is 25.1 Å². The van der Waals surface area contributed by atoms with E-state index in [-0.39, 0.29) is 0 Å². The van der Waals surface area contributed by atoms with Gasteiger partial charge in [0, 0.05) is 18.8 Å². The average molecular weight is 365 g/mol. The molecule has 1 heterocycles. The summed E-state index contributed by atoms with van der Waals surface area (Å²) >= 11 is 0. The molecule has 7 heteroatoms. The van der Waals surface area contributed by atoms with Crippen LogP contribution in [0.25, 0.3) is 11.3 Å². The minimum Gasteiger partial charge on any atom is -0.493 e. The molecule has 0 atom stereocenters. The van der Waals surface area contributed by atoms with Gasteiger partial charge in [-0.15, -0.1) is 0 Å². The molecule has 0 aliphatic carbocycles. The third kappa shape index (κ3) is 4.58. The van der Waals surface area contributed by atoms with Gasteiger partial charge in [0.15, 0.2) is 17.5 Å². The first-order valence-corrected chi connectivity index (χ1v) is 8.52. The van der Waals surface area contributed by atoms with Crippen LogP contribution in [0, 0.1) is 0 Å². The number of aromatic nitrogens is 2. The van der Waals surface area contributed by atoms with E-state index in [1.807, 2.05) is 54.7 Å². The standard InChI is InChI=1S/C20H23N5O2/c1-21-20(24-15-9-10-17(26-2)18(11-15)27-3)23-13-19-22-12-16(25-19)14-7-5-4-6-8-14/h4-12H,13H2,1-3H3,(H,22,25)(H2,21,23,24). The quantitative estimate of drug-likeness (QED) is 0.461. The van der Waals surface area contributed by atoms with Gasteiger partial charge in [-0.25, -0.2) is 4.98 Å². The Labute approximate surface area is 158 Å². The lowest BCUT2D eigenvalue weighted by Gasteiger charge is -2.13. The van der Waals surface area contributed by atoms with E-state index in [0.29, 0.717) is 24.0 Å². The van der Waals surface area contributed by atoms with Gasteiger partial charge >= 0.3 is 0 Å². The highest BCUT2D eigenvalue weighted by molar-refractivity contribution is 5.93. The molecule has 2 aromatic carbocycles. The lowest BCUT2D eigenvalue weighted by Crippen LogP contribution is -2.30. The Morgan fingerprint density at radius 2 is 1.85 bits per heavy atom. The van der Waals surface area contributed by atoms with Crippen LogP contribution in [-0.2, 0) is 6.54 Å². The highest BCUT2D eigenvalue weighted by atomic mass is 16.5. The summed E-state index contributed by atoms with van der Waals surface area (Å²) in [5, 5.41) is 6.46. The fourth-order valence-corrected chi connectivity index (χ4v) is 2.61. The summed E-state index contributed by atoms with van der Waals surface area (Å²) in [6, 6.07) is 15.7. The third-order valence-corrected chi connectivity index (χ3v) is 4.01. The second-order valence-corrected chi connectivity index (χ2v) is 5.73. The maximum atomic E-state index is 5.33. The highest BCUT2D eigenvalue weighted by Gasteiger charge is 2.07. The van der Waals surface area contributed by atoms with E-state index in [4.69, 9.17) is 9.47 Å². The molecule has 0 radical (unpaired) electrons. The van der Waals surface area contributed by atoms with Gasteiger partial charge in [-0.1, -0.05) is 30.3 Å². The first-order valence-electron chi connectivity index (χ1n) is 8.52. The normalized spacial score (nSPS) is 11.1. The Morgan fingerprint density at radius 3 is 2.56 bits per heavy atom. The first kappa shape index (κ1) is 18.3. The summed E-state index contributed by atoms with van der Waals surface area (Å²) < 4.78 is 10.6. The number of nitrogens with zero attached hydrogens (tertiary/aromatic N) is 2. The van der Waals surface area contributed by atoms with Crippen LogP contribution < -0.4 is 20.1 Å². The minimum absolute atomic E-state index is 0.514. The maximum absolute atomic E-state index is 5.33. The van der Waals surface area contributed by atoms with Crippen LogP contribution in [0.3, 0.4) is 0 Å². The number of aromatic amines is 1. The number of nitrogens with one attached hydrogen (secondary N) is 3. The molecule has 7 nitrogen and oxygen atoms in total. The van der Waals surface area contributed by atoms with Crippen molar-refractivity contribution in [2.24, 2.45) is 4.99 Å². The van der Waals surface area contributed by atoms with Gasteiger partial charge in [-0.2, -0.15) is 0 Å². The summed E-state index contributed by atoms with van der Waals surface area (Å²) in [5.41, 5.74) is 2.92. The molecule has 0 saturated carbocycles. The number of anilines is 1. The van der Waals surface area contributed by atoms with E-state index in [0.717, 1.165) is 22.8 Å². The second kappa shape index (κ2) is 8.75. The summed E-state index contributed by atoms with van der Waals surface area (Å²) in [4.78, 5) is 12.0. The van der Waals surface area contributed by atoms with E-state index in [1.54, 1.807) is 21.3 Å². The minimum atomic E-state index is 0.514. The molecule has 0 amide bonds. The molecule has 1 aromatic heterocycles. The van der Waals surface area contributed by atoms with E-state index in [1.165, 1.54) is 0 Å². The fourth-order valence-electron chi connectivity index (χ4n) is 2.61. The Bertz CT molecular complexity index is 906. The van der Waals surface area contributed by atoms with Crippen LogP contribution in [0.2, 0.25) is 0 Å². The number of benzene rings is 2. The molecular weight excluding hydrogens is 342 g/mol. The number of imidazole rings is 1. The molecule has 3 rings (SSSR count). The maximum Gasteiger partial charge on any atom is 0.195 e. The number of aliphatic imine (C=N–C) groups is 1. The van der Waals surface area contributed by atoms with Crippen molar-refractivity contribution in [3.63, 3.8) is 0 Å². The molecule has 0 unspecified atom stereocenters. The van der Waals surface area contributed by atoms with E-state index in [2.05, 4.69) is 25.6 Å². The van der Waals surface area contributed by atoms with Crippen molar-refractivity contribution in [3.05, 3.63) is 60.6 Å². The molecule has 27 heavy (non-hydrogen) atoms. The Hall–Kier alpha value is -3.48. The number of methoxy groups -OCH3 is 2. The van der Waals surface area contributed by atoms with E-state index < -0.39 is 0 Å². The van der Waals surface area contributed by atoms with E-state index >= 15 is 0 Å². The van der Waals surface area contributed by atoms with Crippen molar-refractivity contribution < 1.29 is 9.47 Å². The molecule has 0 saturated heterocycles. The smallest absolute Gasteiger partial charge is 0.195 e. The van der Waals surface area contributed by atoms with Crippen molar-refractivity contribution in [1.82, 2.24) is 15.3 Å². The predicted molar refractivity (Wildman–Crippen MR) is 107 cm³/mol. The van der Waals surface area contributed by atoms with Gasteiger partial charge in [0.2, 0.25) is 0 Å². The van der Waals surface area contributed by atoms with Crippen molar-refractivity contribution in [2.75, 3.05) is 26.6 Å². The average Bonchev–Trinajstić information content (AvgIpc) is 3.20. The van der Waals surface area contributed by atoms with Gasteiger partial charge in [0.05, 0.1) is 32.7 Å². The molecule has 0 aliphatic heterocycles. The Kier molecular flexibility index (Phi) is 5.94. The molecule has 0 fully saturated rings. The largest absolute Gasteiger partial charge is 0.493 e. The molecule has 3 N–H and O–H groups in total. The summed E-state index contributed by atoms with van der Waals surface area (Å²) in [5.74, 6) is 2.77. The zero-order chi connectivity index (χ0) is 19.1. The zero-order valence-electron chi connectivity index (χ0n) is 15.6. The van der Waals surface area contributed by atoms with Gasteiger partial charge in [-0.3, -0.25) is 4.99 Å². The molecule has 140 valence electrons. The molecular formula is C20H23N5O2. The van der Waals surface area contributed by atoms with Crippen LogP contribution in [0.4, 0.5) is 5.69 Å². The van der Waals surface area contributed by atoms with Gasteiger partial charge in [0.1, 0.15) is 5.82 Å². The molecule has 0 bridgehead atoms. The molecule has 3 aromatic rings. The topological polar surface area (TPSA) is 83.6 Å². The molecule has 0 aliphatic rings. The van der Waals surface area contributed by atoms with Gasteiger partial charge in [0.25, 0.3) is 0 Å². The third-order valence-electron chi connectivity index (χ3n) is 4.01. The number of H-pyrrole nitrogens is 1. The number of rotatable bonds is 6. The Balaban J connectivity index is 1.62. The Morgan fingerprint density at radius 1 is 1.07 bits per heavy atom. The van der Waals surface area contributed by atoms with Crippen molar-refractivity contribution >= 4 is 11.6 Å². The molecule has 0 spiro atoms. The zero-order valence-corrected chi connectivity index (χ0v) is 15.6. The van der Waals surface area contributed by atoms with Gasteiger partial charge in [-0.05, 0) is 17.7 Å². The van der Waals surface area contributed by atoms with Crippen LogP contribution in [-0.4, -0.2) is 37.2 Å². The monoisotopic (exact) mass is 365 g/mol. The van der Waals surface area contributed by atoms with Crippen molar-refractivity contribution in [2.45, 2.75) is 6.54 Å².